The van der Waals surface area contributed by atoms with Crippen molar-refractivity contribution in [3.63, 3.8) is 0 Å². The minimum absolute atomic E-state index is 0.336. The van der Waals surface area contributed by atoms with Crippen LogP contribution in [-0.4, -0.2) is 58.6 Å². The minimum atomic E-state index is -4.85. The molecule has 2 heterocycles. The Balaban J connectivity index is 1.64. The molecule has 3 rings (SSSR count). The van der Waals surface area contributed by atoms with Crippen LogP contribution in [0.3, 0.4) is 0 Å². The first-order chi connectivity index (χ1) is 11.3. The lowest BCUT2D eigenvalue weighted by Gasteiger charge is -2.23. The van der Waals surface area contributed by atoms with Gasteiger partial charge < -0.3 is 5.11 Å². The molecule has 1 N–H and O–H groups in total. The molecule has 0 saturated carbocycles. The summed E-state index contributed by atoms with van der Waals surface area (Å²) in [7, 11) is 0. The van der Waals surface area contributed by atoms with E-state index < -0.39 is 42.5 Å². The van der Waals surface area contributed by atoms with E-state index in [0.717, 1.165) is 5.56 Å². The van der Waals surface area contributed by atoms with E-state index in [0.29, 0.717) is 24.5 Å². The maximum Gasteiger partial charge on any atom is 0.416 e. The monoisotopic (exact) mass is 342 g/mol. The van der Waals surface area contributed by atoms with Gasteiger partial charge in [0.2, 0.25) is 11.8 Å². The van der Waals surface area contributed by atoms with Gasteiger partial charge in [-0.2, -0.15) is 13.2 Å². The first-order valence-corrected chi connectivity index (χ1v) is 7.63. The van der Waals surface area contributed by atoms with Crippen molar-refractivity contribution in [2.75, 3.05) is 19.6 Å². The molecule has 0 bridgehead atoms. The third-order valence-corrected chi connectivity index (χ3v) is 4.54. The van der Waals surface area contributed by atoms with Crippen LogP contribution in [-0.2, 0) is 16.1 Å². The number of aliphatic hydroxyl groups excluding tert-OH is 1. The number of imide groups is 1. The molecule has 0 aromatic heterocycles. The number of hydrogen-bond acceptors (Lipinski definition) is 4. The van der Waals surface area contributed by atoms with Crippen molar-refractivity contribution in [3.05, 3.63) is 35.9 Å². The summed E-state index contributed by atoms with van der Waals surface area (Å²) < 4.78 is 37.3. The highest BCUT2D eigenvalue weighted by Gasteiger charge is 2.54. The molecule has 2 aliphatic heterocycles. The molecule has 2 amide bonds. The van der Waals surface area contributed by atoms with E-state index in [1.165, 1.54) is 0 Å². The van der Waals surface area contributed by atoms with Gasteiger partial charge >= 0.3 is 6.18 Å². The van der Waals surface area contributed by atoms with Crippen LogP contribution in [0.1, 0.15) is 5.56 Å². The van der Waals surface area contributed by atoms with Gasteiger partial charge in [0.05, 0.1) is 18.4 Å². The van der Waals surface area contributed by atoms with Crippen LogP contribution in [0.15, 0.2) is 30.3 Å². The van der Waals surface area contributed by atoms with Crippen LogP contribution in [0, 0.1) is 11.8 Å². The zero-order chi connectivity index (χ0) is 17.5. The molecule has 130 valence electrons. The number of carbonyl (C=O) groups excluding carboxylic acids is 2. The van der Waals surface area contributed by atoms with E-state index in [1.54, 1.807) is 0 Å². The predicted molar refractivity (Wildman–Crippen MR) is 77.5 cm³/mol. The van der Waals surface area contributed by atoms with E-state index in [1.807, 2.05) is 35.2 Å². The maximum atomic E-state index is 12.4. The van der Waals surface area contributed by atoms with Gasteiger partial charge in [-0.15, -0.1) is 0 Å². The fourth-order valence-corrected chi connectivity index (χ4v) is 3.32. The van der Waals surface area contributed by atoms with Crippen molar-refractivity contribution in [1.29, 1.82) is 0 Å². The Kier molecular flexibility index (Phi) is 4.35. The van der Waals surface area contributed by atoms with E-state index in [-0.39, 0.29) is 0 Å². The van der Waals surface area contributed by atoms with Gasteiger partial charge in [-0.1, -0.05) is 30.3 Å². The van der Waals surface area contributed by atoms with E-state index in [4.69, 9.17) is 5.11 Å². The Morgan fingerprint density at radius 3 is 2.12 bits per heavy atom. The predicted octanol–water partition coefficient (Wildman–Crippen LogP) is 1.03. The van der Waals surface area contributed by atoms with Crippen molar-refractivity contribution < 1.29 is 27.9 Å². The zero-order valence-electron chi connectivity index (χ0n) is 12.7. The summed E-state index contributed by atoms with van der Waals surface area (Å²) in [6.07, 6.45) is -7.55. The molecule has 2 fully saturated rings. The number of likely N-dealkylation sites (tertiary alicyclic amines) is 2. The first-order valence-electron chi connectivity index (χ1n) is 7.63. The van der Waals surface area contributed by atoms with Crippen molar-refractivity contribution in [2.45, 2.75) is 18.8 Å². The number of carbonyl (C=O) groups is 2. The summed E-state index contributed by atoms with van der Waals surface area (Å²) in [5.74, 6) is -2.49. The number of alkyl halides is 3. The van der Waals surface area contributed by atoms with Gasteiger partial charge in [-0.05, 0) is 5.56 Å². The number of rotatable bonds is 4. The highest BCUT2D eigenvalue weighted by atomic mass is 19.4. The lowest BCUT2D eigenvalue weighted by atomic mass is 10.00. The van der Waals surface area contributed by atoms with Gasteiger partial charge in [0.1, 0.15) is 0 Å². The molecule has 5 nitrogen and oxygen atoms in total. The second-order valence-corrected chi connectivity index (χ2v) is 6.24. The first kappa shape index (κ1) is 16.9. The topological polar surface area (TPSA) is 60.9 Å². The summed E-state index contributed by atoms with van der Waals surface area (Å²) in [6.45, 7) is 0.234. The SMILES string of the molecule is O=C1[C@@H]2CN(Cc3ccccc3)C[C@H]2C(=O)N1C[C@H](O)C(F)(F)F. The Morgan fingerprint density at radius 2 is 1.62 bits per heavy atom. The summed E-state index contributed by atoms with van der Waals surface area (Å²) in [5, 5.41) is 9.11. The number of halogens is 3. The maximum absolute atomic E-state index is 12.4. The van der Waals surface area contributed by atoms with Crippen LogP contribution in [0.5, 0.6) is 0 Å². The van der Waals surface area contributed by atoms with Crippen LogP contribution < -0.4 is 0 Å². The average Bonchev–Trinajstić information content (AvgIpc) is 3.02. The zero-order valence-corrected chi connectivity index (χ0v) is 12.7. The van der Waals surface area contributed by atoms with Gasteiger partial charge in [-0.25, -0.2) is 0 Å². The van der Waals surface area contributed by atoms with Crippen molar-refractivity contribution in [1.82, 2.24) is 9.80 Å². The van der Waals surface area contributed by atoms with Crippen molar-refractivity contribution >= 4 is 11.8 Å². The van der Waals surface area contributed by atoms with E-state index >= 15 is 0 Å². The number of aliphatic hydroxyl groups is 1. The highest BCUT2D eigenvalue weighted by molar-refractivity contribution is 6.05. The standard InChI is InChI=1S/C16H17F3N2O3/c17-16(18,19)13(22)9-21-14(23)11-7-20(8-12(11)15(21)24)6-10-4-2-1-3-5-10/h1-5,11-13,22H,6-9H2/t11-,12-,13+/m1/s1. The Labute approximate surface area is 136 Å². The lowest BCUT2D eigenvalue weighted by Crippen LogP contribution is -2.45. The quantitative estimate of drug-likeness (QED) is 0.831. The molecular weight excluding hydrogens is 325 g/mol. The molecule has 24 heavy (non-hydrogen) atoms. The largest absolute Gasteiger partial charge is 0.416 e. The molecule has 2 aliphatic rings. The third kappa shape index (κ3) is 3.16. The Morgan fingerprint density at radius 1 is 1.08 bits per heavy atom. The molecule has 0 radical (unpaired) electrons. The number of fused-ring (bicyclic) bond motifs is 1. The molecule has 2 saturated heterocycles. The molecular formula is C16H17F3N2O3. The summed E-state index contributed by atoms with van der Waals surface area (Å²) in [6, 6.07) is 9.54. The second-order valence-electron chi connectivity index (χ2n) is 6.24. The second kappa shape index (κ2) is 6.18. The summed E-state index contributed by atoms with van der Waals surface area (Å²) in [5.41, 5.74) is 1.04. The molecule has 8 heteroatoms. The van der Waals surface area contributed by atoms with E-state index in [9.17, 15) is 22.8 Å². The minimum Gasteiger partial charge on any atom is -0.382 e. The molecule has 3 atom stereocenters. The summed E-state index contributed by atoms with van der Waals surface area (Å²) >= 11 is 0. The average molecular weight is 342 g/mol. The van der Waals surface area contributed by atoms with Crippen LogP contribution in [0.4, 0.5) is 13.2 Å². The molecule has 1 aromatic carbocycles. The van der Waals surface area contributed by atoms with Crippen LogP contribution in [0.2, 0.25) is 0 Å². The fraction of sp³-hybridized carbons (Fsp3) is 0.500. The molecule has 0 unspecified atom stereocenters. The van der Waals surface area contributed by atoms with Gasteiger partial charge in [0.15, 0.2) is 6.10 Å². The van der Waals surface area contributed by atoms with E-state index in [2.05, 4.69) is 0 Å². The van der Waals surface area contributed by atoms with Crippen LogP contribution in [0.25, 0.3) is 0 Å². The molecule has 0 spiro atoms. The number of β-amino-alcohol motifs (C(OH)–C–C–N with tert-alkyl or cyclic N) is 1. The third-order valence-electron chi connectivity index (χ3n) is 4.54. The Bertz CT molecular complexity index is 611. The fourth-order valence-electron chi connectivity index (χ4n) is 3.32. The summed E-state index contributed by atoms with van der Waals surface area (Å²) in [4.78, 5) is 27.0. The highest BCUT2D eigenvalue weighted by Crippen LogP contribution is 2.35. The van der Waals surface area contributed by atoms with Gasteiger partial charge in [0, 0.05) is 19.6 Å². The lowest BCUT2D eigenvalue weighted by molar-refractivity contribution is -0.208. The van der Waals surface area contributed by atoms with Gasteiger partial charge in [-0.3, -0.25) is 19.4 Å². The molecule has 1 aromatic rings. The number of hydrogen-bond donors (Lipinski definition) is 1. The van der Waals surface area contributed by atoms with Crippen molar-refractivity contribution in [3.8, 4) is 0 Å². The number of nitrogens with zero attached hydrogens (tertiary/aromatic N) is 2. The van der Waals surface area contributed by atoms with Crippen LogP contribution >= 0.6 is 0 Å². The van der Waals surface area contributed by atoms with Crippen molar-refractivity contribution in [2.24, 2.45) is 11.8 Å². The Hall–Kier alpha value is -1.93. The molecule has 0 aliphatic carbocycles. The smallest absolute Gasteiger partial charge is 0.382 e. The number of amides is 2. The number of benzene rings is 1. The van der Waals surface area contributed by atoms with Gasteiger partial charge in [0.25, 0.3) is 0 Å². The normalized spacial score (nSPS) is 26.1.